The van der Waals surface area contributed by atoms with Crippen LogP contribution in [0, 0.1) is 13.8 Å². The second-order valence-electron chi connectivity index (χ2n) is 7.71. The van der Waals surface area contributed by atoms with Crippen LogP contribution in [0.2, 0.25) is 0 Å². The minimum atomic E-state index is -4.68. The number of para-hydroxylation sites is 1. The number of anilines is 1. The molecule has 0 aliphatic rings. The topological polar surface area (TPSA) is 92.5 Å². The number of fused-ring (bicyclic) bond motifs is 1. The average molecular weight is 462 g/mol. The van der Waals surface area contributed by atoms with Crippen molar-refractivity contribution >= 4 is 23.3 Å². The van der Waals surface area contributed by atoms with Crippen LogP contribution in [-0.2, 0) is 28.6 Å². The quantitative estimate of drug-likeness (QED) is 0.581. The molecule has 0 aliphatic heterocycles. The Bertz CT molecular complexity index is 1190. The highest BCUT2D eigenvalue weighted by Crippen LogP contribution is 2.27. The van der Waals surface area contributed by atoms with Gasteiger partial charge in [0.15, 0.2) is 0 Å². The van der Waals surface area contributed by atoms with Gasteiger partial charge in [0.05, 0.1) is 6.54 Å². The lowest BCUT2D eigenvalue weighted by Gasteiger charge is -2.18. The van der Waals surface area contributed by atoms with E-state index in [1.54, 1.807) is 13.8 Å². The van der Waals surface area contributed by atoms with Crippen LogP contribution in [0.4, 0.5) is 18.9 Å². The standard InChI is InChI=1S/C22H25F3N6O2/c1-5-15-8-6-7-9-17(15)27-18(32)12-30(4)19(33)11-10-16-13(2)26-21-28-20(22(23,24)25)29-31(21)14(16)3/h6-9H,5,10-12H2,1-4H3,(H,27,32). The fraction of sp³-hybridized carbons (Fsp3) is 0.409. The van der Waals surface area contributed by atoms with Gasteiger partial charge in [0.25, 0.3) is 11.6 Å². The van der Waals surface area contributed by atoms with Crippen molar-refractivity contribution in [2.45, 2.75) is 46.2 Å². The fourth-order valence-electron chi connectivity index (χ4n) is 3.56. The van der Waals surface area contributed by atoms with E-state index < -0.39 is 12.0 Å². The molecular weight excluding hydrogens is 437 g/mol. The van der Waals surface area contributed by atoms with Crippen LogP contribution in [0.25, 0.3) is 5.78 Å². The minimum absolute atomic E-state index is 0.0605. The first-order valence-electron chi connectivity index (χ1n) is 10.4. The molecule has 0 saturated carbocycles. The van der Waals surface area contributed by atoms with E-state index in [-0.39, 0.29) is 37.0 Å². The molecule has 0 bridgehead atoms. The van der Waals surface area contributed by atoms with Gasteiger partial charge in [0.1, 0.15) is 0 Å². The molecule has 0 saturated heterocycles. The first-order valence-corrected chi connectivity index (χ1v) is 10.4. The molecule has 0 radical (unpaired) electrons. The SMILES string of the molecule is CCc1ccccc1NC(=O)CN(C)C(=O)CCc1c(C)nc2nc(C(F)(F)F)nn2c1C. The maximum Gasteiger partial charge on any atom is 0.453 e. The summed E-state index contributed by atoms with van der Waals surface area (Å²) < 4.78 is 39.9. The van der Waals surface area contributed by atoms with Crippen LogP contribution in [0.5, 0.6) is 0 Å². The largest absolute Gasteiger partial charge is 0.453 e. The Labute approximate surface area is 188 Å². The van der Waals surface area contributed by atoms with E-state index in [0.717, 1.165) is 16.5 Å². The summed E-state index contributed by atoms with van der Waals surface area (Å²) in [6, 6.07) is 7.45. The van der Waals surface area contributed by atoms with E-state index in [0.29, 0.717) is 22.6 Å². The maximum atomic E-state index is 12.9. The van der Waals surface area contributed by atoms with Crippen molar-refractivity contribution in [2.24, 2.45) is 0 Å². The molecule has 8 nitrogen and oxygen atoms in total. The molecule has 3 aromatic rings. The zero-order chi connectivity index (χ0) is 24.3. The van der Waals surface area contributed by atoms with Gasteiger partial charge in [-0.25, -0.2) is 9.50 Å². The van der Waals surface area contributed by atoms with Crippen LogP contribution >= 0.6 is 0 Å². The van der Waals surface area contributed by atoms with Crippen molar-refractivity contribution < 1.29 is 22.8 Å². The monoisotopic (exact) mass is 462 g/mol. The molecule has 0 unspecified atom stereocenters. The number of nitrogens with zero attached hydrogens (tertiary/aromatic N) is 5. The number of hydrogen-bond donors (Lipinski definition) is 1. The van der Waals surface area contributed by atoms with Gasteiger partial charge < -0.3 is 10.2 Å². The average Bonchev–Trinajstić information content (AvgIpc) is 3.18. The lowest BCUT2D eigenvalue weighted by Crippen LogP contribution is -2.35. The number of halogens is 3. The summed E-state index contributed by atoms with van der Waals surface area (Å²) in [7, 11) is 1.53. The number of amides is 2. The van der Waals surface area contributed by atoms with Crippen molar-refractivity contribution in [1.29, 1.82) is 0 Å². The third kappa shape index (κ3) is 5.47. The molecule has 33 heavy (non-hydrogen) atoms. The van der Waals surface area contributed by atoms with E-state index in [2.05, 4.69) is 20.4 Å². The maximum absolute atomic E-state index is 12.9. The van der Waals surface area contributed by atoms with Gasteiger partial charge in [-0.15, -0.1) is 5.10 Å². The lowest BCUT2D eigenvalue weighted by atomic mass is 10.1. The zero-order valence-electron chi connectivity index (χ0n) is 18.8. The Morgan fingerprint density at radius 1 is 1.15 bits per heavy atom. The third-order valence-electron chi connectivity index (χ3n) is 5.37. The summed E-state index contributed by atoms with van der Waals surface area (Å²) >= 11 is 0. The predicted octanol–water partition coefficient (Wildman–Crippen LogP) is 3.35. The molecule has 11 heteroatoms. The molecule has 0 spiro atoms. The Morgan fingerprint density at radius 3 is 2.52 bits per heavy atom. The summed E-state index contributed by atoms with van der Waals surface area (Å²) in [5.41, 5.74) is 3.23. The third-order valence-corrected chi connectivity index (χ3v) is 5.37. The van der Waals surface area contributed by atoms with Crippen molar-refractivity contribution in [3.63, 3.8) is 0 Å². The van der Waals surface area contributed by atoms with E-state index in [9.17, 15) is 22.8 Å². The van der Waals surface area contributed by atoms with Crippen molar-refractivity contribution in [3.05, 3.63) is 52.6 Å². The van der Waals surface area contributed by atoms with Gasteiger partial charge in [-0.2, -0.15) is 18.2 Å². The number of alkyl halides is 3. The fourth-order valence-corrected chi connectivity index (χ4v) is 3.56. The molecule has 176 valence electrons. The highest BCUT2D eigenvalue weighted by molar-refractivity contribution is 5.95. The van der Waals surface area contributed by atoms with Gasteiger partial charge in [-0.3, -0.25) is 9.59 Å². The Hall–Kier alpha value is -3.50. The molecular formula is C22H25F3N6O2. The van der Waals surface area contributed by atoms with E-state index >= 15 is 0 Å². The summed E-state index contributed by atoms with van der Waals surface area (Å²) in [6.45, 7) is 5.12. The highest BCUT2D eigenvalue weighted by atomic mass is 19.4. The van der Waals surface area contributed by atoms with Crippen molar-refractivity contribution in [1.82, 2.24) is 24.5 Å². The van der Waals surface area contributed by atoms with Crippen LogP contribution in [0.15, 0.2) is 24.3 Å². The van der Waals surface area contributed by atoms with Crippen LogP contribution in [-0.4, -0.2) is 49.9 Å². The Kier molecular flexibility index (Phi) is 6.99. The number of hydrogen-bond acceptors (Lipinski definition) is 5. The van der Waals surface area contributed by atoms with Gasteiger partial charge in [-0.05, 0) is 43.9 Å². The molecule has 3 rings (SSSR count). The summed E-state index contributed by atoms with van der Waals surface area (Å²) in [6.07, 6.45) is -3.61. The summed E-state index contributed by atoms with van der Waals surface area (Å²) in [4.78, 5) is 33.8. The van der Waals surface area contributed by atoms with E-state index in [4.69, 9.17) is 0 Å². The molecule has 0 atom stereocenters. The highest BCUT2D eigenvalue weighted by Gasteiger charge is 2.37. The number of benzene rings is 1. The van der Waals surface area contributed by atoms with Crippen LogP contribution < -0.4 is 5.32 Å². The van der Waals surface area contributed by atoms with E-state index in [1.165, 1.54) is 11.9 Å². The van der Waals surface area contributed by atoms with Gasteiger partial charge >= 0.3 is 6.18 Å². The second-order valence-corrected chi connectivity index (χ2v) is 7.71. The number of rotatable bonds is 7. The Morgan fingerprint density at radius 2 is 1.85 bits per heavy atom. The van der Waals surface area contributed by atoms with Crippen molar-refractivity contribution in [2.75, 3.05) is 18.9 Å². The zero-order valence-corrected chi connectivity index (χ0v) is 18.8. The van der Waals surface area contributed by atoms with E-state index in [1.807, 2.05) is 31.2 Å². The molecule has 0 aliphatic carbocycles. The number of aromatic nitrogens is 4. The van der Waals surface area contributed by atoms with Gasteiger partial charge in [0, 0.05) is 30.5 Å². The number of carbonyl (C=O) groups is 2. The molecule has 1 aromatic carbocycles. The smallest absolute Gasteiger partial charge is 0.336 e. The minimum Gasteiger partial charge on any atom is -0.336 e. The lowest BCUT2D eigenvalue weighted by molar-refractivity contribution is -0.144. The predicted molar refractivity (Wildman–Crippen MR) is 116 cm³/mol. The second kappa shape index (κ2) is 9.55. The number of likely N-dealkylation sites (N-methyl/N-ethyl adjacent to an activating group) is 1. The molecule has 2 amide bonds. The molecule has 0 fully saturated rings. The van der Waals surface area contributed by atoms with Crippen LogP contribution in [0.1, 0.15) is 41.7 Å². The first-order chi connectivity index (χ1) is 15.5. The molecule has 1 N–H and O–H groups in total. The Balaban J connectivity index is 1.65. The number of aryl methyl sites for hydroxylation is 3. The normalized spacial score (nSPS) is 11.6. The molecule has 2 aromatic heterocycles. The van der Waals surface area contributed by atoms with Crippen LogP contribution in [0.3, 0.4) is 0 Å². The summed E-state index contributed by atoms with van der Waals surface area (Å²) in [5, 5.41) is 6.33. The number of nitrogens with one attached hydrogen (secondary N) is 1. The molecule has 2 heterocycles. The van der Waals surface area contributed by atoms with Gasteiger partial charge in [0.2, 0.25) is 11.8 Å². The number of carbonyl (C=O) groups excluding carboxylic acids is 2. The van der Waals surface area contributed by atoms with Crippen molar-refractivity contribution in [3.8, 4) is 0 Å². The van der Waals surface area contributed by atoms with Gasteiger partial charge in [-0.1, -0.05) is 25.1 Å². The first kappa shape index (κ1) is 24.1. The summed E-state index contributed by atoms with van der Waals surface area (Å²) in [5.74, 6) is -2.00.